The molecule has 88 valence electrons. The lowest BCUT2D eigenvalue weighted by atomic mass is 10.2. The molecule has 2 heterocycles. The molecule has 1 unspecified atom stereocenters. The Morgan fingerprint density at radius 1 is 1.18 bits per heavy atom. The third-order valence-electron chi connectivity index (χ3n) is 3.18. The van der Waals surface area contributed by atoms with Gasteiger partial charge in [0.2, 0.25) is 0 Å². The number of anilines is 1. The first-order valence-corrected chi connectivity index (χ1v) is 6.12. The van der Waals surface area contributed by atoms with Gasteiger partial charge in [-0.15, -0.1) is 0 Å². The second kappa shape index (κ2) is 4.63. The second-order valence-electron chi connectivity index (χ2n) is 4.47. The predicted octanol–water partition coefficient (Wildman–Crippen LogP) is 2.25. The number of nitrogens with zero attached hydrogens (tertiary/aromatic N) is 1. The zero-order valence-corrected chi connectivity index (χ0v) is 9.76. The normalized spacial score (nSPS) is 19.4. The first-order valence-electron chi connectivity index (χ1n) is 6.12. The van der Waals surface area contributed by atoms with Crippen molar-refractivity contribution in [3.63, 3.8) is 0 Å². The minimum absolute atomic E-state index is 0.565. The minimum Gasteiger partial charge on any atom is -0.381 e. The van der Waals surface area contributed by atoms with Crippen LogP contribution in [0.1, 0.15) is 6.42 Å². The van der Waals surface area contributed by atoms with Gasteiger partial charge in [0.25, 0.3) is 0 Å². The van der Waals surface area contributed by atoms with Gasteiger partial charge in [0, 0.05) is 36.4 Å². The summed E-state index contributed by atoms with van der Waals surface area (Å²) in [5.41, 5.74) is 2.40. The fourth-order valence-electron chi connectivity index (χ4n) is 2.28. The molecule has 1 aliphatic heterocycles. The van der Waals surface area contributed by atoms with Crippen LogP contribution in [0, 0.1) is 0 Å². The molecule has 3 nitrogen and oxygen atoms in total. The summed E-state index contributed by atoms with van der Waals surface area (Å²) in [6.07, 6.45) is 5.33. The van der Waals surface area contributed by atoms with Gasteiger partial charge in [-0.2, -0.15) is 0 Å². The molecular weight excluding hydrogens is 210 g/mol. The average molecular weight is 227 g/mol. The predicted molar refractivity (Wildman–Crippen MR) is 70.7 cm³/mol. The molecule has 0 bridgehead atoms. The van der Waals surface area contributed by atoms with E-state index in [0.717, 1.165) is 13.1 Å². The van der Waals surface area contributed by atoms with Gasteiger partial charge in [0.1, 0.15) is 0 Å². The van der Waals surface area contributed by atoms with Crippen molar-refractivity contribution in [1.82, 2.24) is 9.88 Å². The smallest absolute Gasteiger partial charge is 0.0469 e. The molecule has 0 saturated carbocycles. The van der Waals surface area contributed by atoms with Crippen LogP contribution in [-0.2, 0) is 0 Å². The molecule has 2 N–H and O–H groups in total. The molecule has 3 rings (SSSR count). The van der Waals surface area contributed by atoms with E-state index in [0.29, 0.717) is 6.04 Å². The number of aromatic nitrogens is 1. The van der Waals surface area contributed by atoms with Crippen molar-refractivity contribution in [3.05, 3.63) is 48.8 Å². The standard InChI is InChI=1S/C14H17N3/c1-2-9-17(8-1)14-5-3-4-12(10-14)16-13-6-7-15-11-13/h1-5,8-10,13,15-16H,6-7,11H2. The van der Waals surface area contributed by atoms with Crippen molar-refractivity contribution in [1.29, 1.82) is 0 Å². The van der Waals surface area contributed by atoms with Crippen molar-refractivity contribution in [2.45, 2.75) is 12.5 Å². The van der Waals surface area contributed by atoms with Crippen LogP contribution in [0.4, 0.5) is 5.69 Å². The zero-order valence-electron chi connectivity index (χ0n) is 9.76. The molecule has 2 aromatic rings. The van der Waals surface area contributed by atoms with Crippen molar-refractivity contribution < 1.29 is 0 Å². The Labute approximate surface area is 101 Å². The number of benzene rings is 1. The van der Waals surface area contributed by atoms with Crippen LogP contribution in [0.3, 0.4) is 0 Å². The molecule has 1 saturated heterocycles. The summed E-state index contributed by atoms with van der Waals surface area (Å²) in [5, 5.41) is 6.93. The van der Waals surface area contributed by atoms with Crippen LogP contribution in [-0.4, -0.2) is 23.7 Å². The van der Waals surface area contributed by atoms with Gasteiger partial charge in [-0.3, -0.25) is 0 Å². The third kappa shape index (κ3) is 2.34. The van der Waals surface area contributed by atoms with Crippen molar-refractivity contribution in [2.75, 3.05) is 18.4 Å². The minimum atomic E-state index is 0.565. The lowest BCUT2D eigenvalue weighted by molar-refractivity contribution is 0.793. The summed E-state index contributed by atoms with van der Waals surface area (Å²) >= 11 is 0. The van der Waals surface area contributed by atoms with Gasteiger partial charge in [0.15, 0.2) is 0 Å². The highest BCUT2D eigenvalue weighted by Gasteiger charge is 2.13. The van der Waals surface area contributed by atoms with Gasteiger partial charge in [-0.1, -0.05) is 6.07 Å². The van der Waals surface area contributed by atoms with Crippen LogP contribution in [0.5, 0.6) is 0 Å². The van der Waals surface area contributed by atoms with E-state index < -0.39 is 0 Å². The van der Waals surface area contributed by atoms with E-state index in [1.54, 1.807) is 0 Å². The maximum absolute atomic E-state index is 3.57. The van der Waals surface area contributed by atoms with Gasteiger partial charge < -0.3 is 15.2 Å². The van der Waals surface area contributed by atoms with Crippen molar-refractivity contribution in [2.24, 2.45) is 0 Å². The van der Waals surface area contributed by atoms with Crippen LogP contribution in [0.25, 0.3) is 5.69 Å². The molecule has 3 heteroatoms. The molecular formula is C14H17N3. The van der Waals surface area contributed by atoms with E-state index in [1.165, 1.54) is 17.8 Å². The Balaban J connectivity index is 1.79. The molecule has 0 amide bonds. The van der Waals surface area contributed by atoms with Crippen LogP contribution >= 0.6 is 0 Å². The first kappa shape index (κ1) is 10.4. The lowest BCUT2D eigenvalue weighted by Gasteiger charge is -2.14. The Bertz CT molecular complexity index is 470. The molecule has 1 aromatic heterocycles. The summed E-state index contributed by atoms with van der Waals surface area (Å²) in [5.74, 6) is 0. The summed E-state index contributed by atoms with van der Waals surface area (Å²) in [4.78, 5) is 0. The molecule has 17 heavy (non-hydrogen) atoms. The van der Waals surface area contributed by atoms with Gasteiger partial charge in [-0.05, 0) is 43.3 Å². The summed E-state index contributed by atoms with van der Waals surface area (Å²) in [6.45, 7) is 2.18. The van der Waals surface area contributed by atoms with Gasteiger partial charge in [0.05, 0.1) is 0 Å². The van der Waals surface area contributed by atoms with E-state index in [9.17, 15) is 0 Å². The van der Waals surface area contributed by atoms with Gasteiger partial charge in [-0.25, -0.2) is 0 Å². The topological polar surface area (TPSA) is 29.0 Å². The zero-order chi connectivity index (χ0) is 11.5. The van der Waals surface area contributed by atoms with E-state index >= 15 is 0 Å². The molecule has 1 atom stereocenters. The molecule has 1 aliphatic rings. The molecule has 0 spiro atoms. The first-order chi connectivity index (χ1) is 8.42. The van der Waals surface area contributed by atoms with Crippen LogP contribution in [0.15, 0.2) is 48.8 Å². The molecule has 1 fully saturated rings. The summed E-state index contributed by atoms with van der Waals surface area (Å²) < 4.78 is 2.12. The number of nitrogens with one attached hydrogen (secondary N) is 2. The third-order valence-corrected chi connectivity index (χ3v) is 3.18. The van der Waals surface area contributed by atoms with Crippen LogP contribution < -0.4 is 10.6 Å². The van der Waals surface area contributed by atoms with E-state index in [2.05, 4.69) is 51.9 Å². The largest absolute Gasteiger partial charge is 0.381 e. The average Bonchev–Trinajstić information content (AvgIpc) is 3.01. The Hall–Kier alpha value is -1.74. The summed E-state index contributed by atoms with van der Waals surface area (Å²) in [7, 11) is 0. The Kier molecular flexibility index (Phi) is 2.84. The number of hydrogen-bond donors (Lipinski definition) is 2. The monoisotopic (exact) mass is 227 g/mol. The van der Waals surface area contributed by atoms with Crippen LogP contribution in [0.2, 0.25) is 0 Å². The highest BCUT2D eigenvalue weighted by molar-refractivity contribution is 5.52. The Morgan fingerprint density at radius 2 is 2.06 bits per heavy atom. The van der Waals surface area contributed by atoms with E-state index in [-0.39, 0.29) is 0 Å². The van der Waals surface area contributed by atoms with E-state index in [4.69, 9.17) is 0 Å². The van der Waals surface area contributed by atoms with Crippen molar-refractivity contribution in [3.8, 4) is 5.69 Å². The quantitative estimate of drug-likeness (QED) is 0.842. The van der Waals surface area contributed by atoms with Crippen molar-refractivity contribution >= 4 is 5.69 Å². The molecule has 1 aromatic carbocycles. The SMILES string of the molecule is c1cc(NC2CCNC2)cc(-n2cccc2)c1. The second-order valence-corrected chi connectivity index (χ2v) is 4.47. The fourth-order valence-corrected chi connectivity index (χ4v) is 2.28. The number of rotatable bonds is 3. The maximum atomic E-state index is 3.57. The fraction of sp³-hybridized carbons (Fsp3) is 0.286. The highest BCUT2D eigenvalue weighted by Crippen LogP contribution is 2.16. The summed E-state index contributed by atoms with van der Waals surface area (Å²) in [6, 6.07) is 13.2. The maximum Gasteiger partial charge on any atom is 0.0469 e. The highest BCUT2D eigenvalue weighted by atomic mass is 15.0. The molecule has 0 aliphatic carbocycles. The van der Waals surface area contributed by atoms with E-state index in [1.807, 2.05) is 12.1 Å². The Morgan fingerprint density at radius 3 is 2.82 bits per heavy atom. The lowest BCUT2D eigenvalue weighted by Crippen LogP contribution is -2.22. The number of hydrogen-bond acceptors (Lipinski definition) is 2. The van der Waals surface area contributed by atoms with Gasteiger partial charge >= 0.3 is 0 Å². The molecule has 0 radical (unpaired) electrons.